The Morgan fingerprint density at radius 1 is 1.32 bits per heavy atom. The highest BCUT2D eigenvalue weighted by Crippen LogP contribution is 2.29. The molecule has 0 saturated carbocycles. The summed E-state index contributed by atoms with van der Waals surface area (Å²) in [6.45, 7) is 3.09. The van der Waals surface area contributed by atoms with Crippen molar-refractivity contribution in [2.45, 2.75) is 26.4 Å². The van der Waals surface area contributed by atoms with Crippen molar-refractivity contribution in [2.75, 3.05) is 6.54 Å². The Morgan fingerprint density at radius 3 is 2.87 bits per heavy atom. The summed E-state index contributed by atoms with van der Waals surface area (Å²) in [5.74, 6) is 1.05. The van der Waals surface area contributed by atoms with Gasteiger partial charge in [0.2, 0.25) is 0 Å². The van der Waals surface area contributed by atoms with Crippen LogP contribution in [0, 0.1) is 6.92 Å². The van der Waals surface area contributed by atoms with Gasteiger partial charge in [0.1, 0.15) is 17.8 Å². The minimum atomic E-state index is -0.191. The second-order valence-electron chi connectivity index (χ2n) is 7.56. The van der Waals surface area contributed by atoms with Gasteiger partial charge >= 0.3 is 0 Å². The predicted octanol–water partition coefficient (Wildman–Crippen LogP) is 1.61. The molecule has 0 aliphatic carbocycles. The number of carbonyl (C=O) groups is 1. The van der Waals surface area contributed by atoms with Crippen molar-refractivity contribution in [2.24, 2.45) is 14.1 Å². The van der Waals surface area contributed by atoms with Gasteiger partial charge in [0.05, 0.1) is 24.3 Å². The summed E-state index contributed by atoms with van der Waals surface area (Å²) in [5, 5.41) is 21.6. The molecule has 1 aliphatic rings. The van der Waals surface area contributed by atoms with Gasteiger partial charge in [0, 0.05) is 50.1 Å². The van der Waals surface area contributed by atoms with Crippen LogP contribution in [0.5, 0.6) is 0 Å². The molecule has 0 radical (unpaired) electrons. The molecule has 12 heteroatoms. The van der Waals surface area contributed by atoms with E-state index in [4.69, 9.17) is 16.1 Å². The smallest absolute Gasteiger partial charge is 0.276 e. The molecular formula is C19H20ClN9O2. The molecule has 0 fully saturated rings. The van der Waals surface area contributed by atoms with Crippen LogP contribution in [0.3, 0.4) is 0 Å². The molecule has 1 amide bonds. The summed E-state index contributed by atoms with van der Waals surface area (Å²) in [6.07, 6.45) is 5.56. The number of carbonyl (C=O) groups excluding carboxylic acids is 1. The second-order valence-corrected chi connectivity index (χ2v) is 8.00. The molecule has 4 aromatic heterocycles. The van der Waals surface area contributed by atoms with Gasteiger partial charge in [-0.25, -0.2) is 0 Å². The van der Waals surface area contributed by atoms with Gasteiger partial charge in [-0.1, -0.05) is 16.8 Å². The Kier molecular flexibility index (Phi) is 4.62. The summed E-state index contributed by atoms with van der Waals surface area (Å²) in [7, 11) is 3.78. The van der Waals surface area contributed by atoms with Crippen molar-refractivity contribution in [3.63, 3.8) is 0 Å². The second kappa shape index (κ2) is 7.34. The number of hydrogen-bond donors (Lipinski definition) is 0. The molecule has 0 spiro atoms. The van der Waals surface area contributed by atoms with E-state index in [2.05, 4.69) is 25.6 Å². The lowest BCUT2D eigenvalue weighted by atomic mass is 10.0. The van der Waals surface area contributed by atoms with Gasteiger partial charge in [-0.05, 0) is 6.92 Å². The largest absolute Gasteiger partial charge is 0.361 e. The van der Waals surface area contributed by atoms with Crippen LogP contribution < -0.4 is 0 Å². The van der Waals surface area contributed by atoms with E-state index in [0.29, 0.717) is 48.2 Å². The van der Waals surface area contributed by atoms with Crippen LogP contribution in [0.4, 0.5) is 0 Å². The molecular weight excluding hydrogens is 422 g/mol. The highest BCUT2D eigenvalue weighted by molar-refractivity contribution is 6.30. The highest BCUT2D eigenvalue weighted by atomic mass is 35.5. The van der Waals surface area contributed by atoms with Crippen molar-refractivity contribution in [1.29, 1.82) is 0 Å². The number of halogens is 1. The number of fused-ring (bicyclic) bond motifs is 1. The standard InChI is InChI=1S/C19H20ClN9O2/c1-11-13(9-29-7-12(20)6-22-29)17(25-31-11)19(30)28-5-4-15-14(8-28)16(24-27(15)3)18-23-21-10-26(18)2/h6-7,10H,4-5,8-9H2,1-3H3. The quantitative estimate of drug-likeness (QED) is 0.472. The first-order valence-corrected chi connectivity index (χ1v) is 10.1. The van der Waals surface area contributed by atoms with Crippen LogP contribution in [0.25, 0.3) is 11.5 Å². The SMILES string of the molecule is Cc1onc(C(=O)N2CCc3c(c(-c4nncn4C)nn3C)C2)c1Cn1cc(Cl)cn1. The summed E-state index contributed by atoms with van der Waals surface area (Å²) >= 11 is 5.97. The molecule has 0 bridgehead atoms. The molecule has 0 saturated heterocycles. The fraction of sp³-hybridized carbons (Fsp3) is 0.368. The van der Waals surface area contributed by atoms with Gasteiger partial charge in [-0.2, -0.15) is 10.2 Å². The third kappa shape index (κ3) is 3.30. The van der Waals surface area contributed by atoms with Crippen molar-refractivity contribution in [1.82, 2.24) is 44.4 Å². The Balaban J connectivity index is 1.45. The number of amides is 1. The minimum absolute atomic E-state index is 0.191. The average molecular weight is 442 g/mol. The third-order valence-electron chi connectivity index (χ3n) is 5.56. The Labute approximate surface area is 182 Å². The van der Waals surface area contributed by atoms with E-state index in [1.54, 1.807) is 35.2 Å². The van der Waals surface area contributed by atoms with Crippen molar-refractivity contribution in [3.8, 4) is 11.5 Å². The molecule has 31 heavy (non-hydrogen) atoms. The minimum Gasteiger partial charge on any atom is -0.361 e. The van der Waals surface area contributed by atoms with E-state index in [1.807, 2.05) is 23.3 Å². The van der Waals surface area contributed by atoms with E-state index in [-0.39, 0.29) is 11.6 Å². The lowest BCUT2D eigenvalue weighted by Gasteiger charge is -2.27. The van der Waals surface area contributed by atoms with Gasteiger partial charge in [0.15, 0.2) is 11.5 Å². The zero-order valence-electron chi connectivity index (χ0n) is 17.3. The molecule has 4 aromatic rings. The monoisotopic (exact) mass is 441 g/mol. The summed E-state index contributed by atoms with van der Waals surface area (Å²) < 4.78 is 10.7. The number of hydrogen-bond acceptors (Lipinski definition) is 7. The first-order valence-electron chi connectivity index (χ1n) is 9.74. The van der Waals surface area contributed by atoms with E-state index >= 15 is 0 Å². The molecule has 0 N–H and O–H groups in total. The fourth-order valence-electron chi connectivity index (χ4n) is 3.92. The van der Waals surface area contributed by atoms with Crippen LogP contribution in [0.15, 0.2) is 23.2 Å². The zero-order chi connectivity index (χ0) is 21.7. The van der Waals surface area contributed by atoms with Gasteiger partial charge < -0.3 is 14.0 Å². The van der Waals surface area contributed by atoms with Crippen LogP contribution in [0.1, 0.15) is 33.1 Å². The van der Waals surface area contributed by atoms with Crippen molar-refractivity contribution >= 4 is 17.5 Å². The molecule has 160 valence electrons. The first kappa shape index (κ1) is 19.5. The van der Waals surface area contributed by atoms with Gasteiger partial charge in [-0.15, -0.1) is 10.2 Å². The number of nitrogens with zero attached hydrogens (tertiary/aromatic N) is 9. The molecule has 11 nitrogen and oxygen atoms in total. The van der Waals surface area contributed by atoms with Gasteiger partial charge in [0.25, 0.3) is 5.91 Å². The molecule has 1 aliphatic heterocycles. The molecule has 5 rings (SSSR count). The zero-order valence-corrected chi connectivity index (χ0v) is 18.0. The normalized spacial score (nSPS) is 13.6. The number of rotatable bonds is 4. The lowest BCUT2D eigenvalue weighted by molar-refractivity contribution is 0.0722. The van der Waals surface area contributed by atoms with E-state index < -0.39 is 0 Å². The summed E-state index contributed by atoms with van der Waals surface area (Å²) in [5.41, 5.74) is 3.77. The Bertz CT molecular complexity index is 1280. The van der Waals surface area contributed by atoms with Crippen LogP contribution in [-0.2, 0) is 33.6 Å². The van der Waals surface area contributed by atoms with E-state index in [9.17, 15) is 4.79 Å². The maximum atomic E-state index is 13.4. The average Bonchev–Trinajstić information content (AvgIpc) is 3.51. The molecule has 5 heterocycles. The van der Waals surface area contributed by atoms with E-state index in [1.165, 1.54) is 0 Å². The molecule has 0 unspecified atom stereocenters. The Hall–Kier alpha value is -3.47. The first-order chi connectivity index (χ1) is 14.9. The predicted molar refractivity (Wildman–Crippen MR) is 109 cm³/mol. The molecule has 0 aromatic carbocycles. The maximum Gasteiger partial charge on any atom is 0.276 e. The highest BCUT2D eigenvalue weighted by Gasteiger charge is 2.32. The van der Waals surface area contributed by atoms with Crippen molar-refractivity contribution in [3.05, 3.63) is 52.0 Å². The Morgan fingerprint density at radius 2 is 2.16 bits per heavy atom. The van der Waals surface area contributed by atoms with Crippen LogP contribution in [-0.4, -0.2) is 56.8 Å². The van der Waals surface area contributed by atoms with Crippen molar-refractivity contribution < 1.29 is 9.32 Å². The van der Waals surface area contributed by atoms with E-state index in [0.717, 1.165) is 17.0 Å². The van der Waals surface area contributed by atoms with Crippen LogP contribution >= 0.6 is 11.6 Å². The topological polar surface area (TPSA) is 113 Å². The maximum absolute atomic E-state index is 13.4. The lowest BCUT2D eigenvalue weighted by Crippen LogP contribution is -2.37. The number of aryl methyl sites for hydroxylation is 3. The van der Waals surface area contributed by atoms with Gasteiger partial charge in [-0.3, -0.25) is 14.2 Å². The third-order valence-corrected chi connectivity index (χ3v) is 5.76. The molecule has 0 atom stereocenters. The summed E-state index contributed by atoms with van der Waals surface area (Å²) in [6, 6.07) is 0. The van der Waals surface area contributed by atoms with Crippen LogP contribution in [0.2, 0.25) is 5.02 Å². The number of aromatic nitrogens is 8. The fourth-order valence-corrected chi connectivity index (χ4v) is 4.08. The summed E-state index contributed by atoms with van der Waals surface area (Å²) in [4.78, 5) is 15.2.